The third kappa shape index (κ3) is 7.50. The summed E-state index contributed by atoms with van der Waals surface area (Å²) in [4.78, 5) is 24.3. The van der Waals surface area contributed by atoms with Crippen LogP contribution in [0, 0.1) is 0 Å². The van der Waals surface area contributed by atoms with Crippen molar-refractivity contribution in [3.8, 4) is 17.2 Å². The van der Waals surface area contributed by atoms with E-state index < -0.39 is 22.5 Å². The second-order valence-corrected chi connectivity index (χ2v) is 10.3. The summed E-state index contributed by atoms with van der Waals surface area (Å²) in [5.41, 5.74) is 4.36. The summed E-state index contributed by atoms with van der Waals surface area (Å²) in [6.07, 6.45) is 0. The largest absolute Gasteiger partial charge is 0.494 e. The van der Waals surface area contributed by atoms with Crippen molar-refractivity contribution in [2.75, 3.05) is 37.0 Å². The molecule has 11 nitrogen and oxygen atoms in total. The summed E-state index contributed by atoms with van der Waals surface area (Å²) in [6.45, 7) is 4.80. The Kier molecular flexibility index (Phi) is 10.1. The van der Waals surface area contributed by atoms with Gasteiger partial charge in [-0.05, 0) is 67.9 Å². The fourth-order valence-corrected chi connectivity index (χ4v) is 5.13. The normalized spacial score (nSPS) is 11.4. The van der Waals surface area contributed by atoms with E-state index in [0.717, 1.165) is 4.31 Å². The van der Waals surface area contributed by atoms with Crippen molar-refractivity contribution in [1.82, 2.24) is 5.43 Å². The minimum atomic E-state index is -4.23. The zero-order valence-corrected chi connectivity index (χ0v) is 23.7. The van der Waals surface area contributed by atoms with Gasteiger partial charge in [-0.1, -0.05) is 12.1 Å². The third-order valence-electron chi connectivity index (χ3n) is 5.61. The number of ether oxygens (including phenoxy) is 3. The van der Waals surface area contributed by atoms with Gasteiger partial charge in [-0.2, -0.15) is 5.10 Å². The van der Waals surface area contributed by atoms with Gasteiger partial charge >= 0.3 is 0 Å². The van der Waals surface area contributed by atoms with Gasteiger partial charge in [-0.15, -0.1) is 0 Å². The number of carbonyl (C=O) groups excluding carboxylic acids is 2. The Morgan fingerprint density at radius 3 is 2.25 bits per heavy atom. The monoisotopic (exact) mass is 568 g/mol. The second kappa shape index (κ2) is 13.5. The Morgan fingerprint density at radius 1 is 0.925 bits per heavy atom. The maximum Gasteiger partial charge on any atom is 0.264 e. The SMILES string of the molecule is CCOc1ccc(N(CC(=O)N/N=C(/C)c2cccc(NC(C)=O)c2)S(=O)(=O)c2ccc(OC)c(OC)c2)cc1. The van der Waals surface area contributed by atoms with Gasteiger partial charge in [0.25, 0.3) is 15.9 Å². The van der Waals surface area contributed by atoms with Gasteiger partial charge in [0, 0.05) is 18.7 Å². The van der Waals surface area contributed by atoms with Gasteiger partial charge in [-0.25, -0.2) is 13.8 Å². The fourth-order valence-electron chi connectivity index (χ4n) is 3.70. The lowest BCUT2D eigenvalue weighted by molar-refractivity contribution is -0.119. The molecule has 0 atom stereocenters. The van der Waals surface area contributed by atoms with Crippen LogP contribution in [-0.4, -0.2) is 53.3 Å². The van der Waals surface area contributed by atoms with E-state index in [0.29, 0.717) is 35.1 Å². The van der Waals surface area contributed by atoms with E-state index >= 15 is 0 Å². The molecule has 0 radical (unpaired) electrons. The van der Waals surface area contributed by atoms with E-state index in [9.17, 15) is 18.0 Å². The highest BCUT2D eigenvalue weighted by molar-refractivity contribution is 7.92. The minimum absolute atomic E-state index is 0.0960. The second-order valence-electron chi connectivity index (χ2n) is 8.45. The fraction of sp³-hybridized carbons (Fsp3) is 0.250. The lowest BCUT2D eigenvalue weighted by atomic mass is 10.1. The Morgan fingerprint density at radius 2 is 1.62 bits per heavy atom. The number of sulfonamides is 1. The molecule has 0 spiro atoms. The number of nitrogens with one attached hydrogen (secondary N) is 2. The van der Waals surface area contributed by atoms with Crippen molar-refractivity contribution in [2.24, 2.45) is 5.10 Å². The van der Waals surface area contributed by atoms with Crippen molar-refractivity contribution in [3.05, 3.63) is 72.3 Å². The zero-order valence-electron chi connectivity index (χ0n) is 22.9. The molecule has 2 amide bonds. The van der Waals surface area contributed by atoms with Crippen molar-refractivity contribution in [2.45, 2.75) is 25.7 Å². The lowest BCUT2D eigenvalue weighted by Gasteiger charge is -2.24. The topological polar surface area (TPSA) is 136 Å². The number of hydrazone groups is 1. The van der Waals surface area contributed by atoms with Crippen LogP contribution < -0.4 is 29.3 Å². The molecule has 0 aliphatic rings. The molecule has 40 heavy (non-hydrogen) atoms. The van der Waals surface area contributed by atoms with Crippen LogP contribution in [-0.2, 0) is 19.6 Å². The molecule has 0 unspecified atom stereocenters. The van der Waals surface area contributed by atoms with Crippen LogP contribution in [0.4, 0.5) is 11.4 Å². The highest BCUT2D eigenvalue weighted by Crippen LogP contribution is 2.32. The van der Waals surface area contributed by atoms with E-state index in [1.807, 2.05) is 6.92 Å². The molecule has 0 aromatic heterocycles. The highest BCUT2D eigenvalue weighted by atomic mass is 32.2. The molecule has 0 aliphatic heterocycles. The quantitative estimate of drug-likeness (QED) is 0.251. The van der Waals surface area contributed by atoms with Crippen LogP contribution in [0.25, 0.3) is 0 Å². The molecular formula is C28H32N4O7S. The van der Waals surface area contributed by atoms with Crippen molar-refractivity contribution < 1.29 is 32.2 Å². The number of anilines is 2. The first-order valence-electron chi connectivity index (χ1n) is 12.3. The number of hydrogen-bond donors (Lipinski definition) is 2. The van der Waals surface area contributed by atoms with Gasteiger partial charge < -0.3 is 19.5 Å². The molecule has 3 aromatic rings. The summed E-state index contributed by atoms with van der Waals surface area (Å²) >= 11 is 0. The van der Waals surface area contributed by atoms with Crippen LogP contribution in [0.5, 0.6) is 17.2 Å². The van der Waals surface area contributed by atoms with Gasteiger partial charge in [0.2, 0.25) is 5.91 Å². The summed E-state index contributed by atoms with van der Waals surface area (Å²) in [5, 5.41) is 6.82. The van der Waals surface area contributed by atoms with Crippen LogP contribution >= 0.6 is 0 Å². The van der Waals surface area contributed by atoms with Crippen LogP contribution in [0.2, 0.25) is 0 Å². The number of hydrogen-bond acceptors (Lipinski definition) is 8. The summed E-state index contributed by atoms with van der Waals surface area (Å²) in [7, 11) is -1.39. The number of amides is 2. The minimum Gasteiger partial charge on any atom is -0.494 e. The maximum atomic E-state index is 13.8. The summed E-state index contributed by atoms with van der Waals surface area (Å²) < 4.78 is 44.5. The van der Waals surface area contributed by atoms with Crippen LogP contribution in [0.15, 0.2) is 76.7 Å². The van der Waals surface area contributed by atoms with E-state index in [1.54, 1.807) is 55.5 Å². The number of methoxy groups -OCH3 is 2. The molecule has 0 heterocycles. The molecule has 12 heteroatoms. The van der Waals surface area contributed by atoms with E-state index in [1.165, 1.54) is 39.3 Å². The van der Waals surface area contributed by atoms with Crippen LogP contribution in [0.3, 0.4) is 0 Å². The molecule has 0 bridgehead atoms. The van der Waals surface area contributed by atoms with E-state index in [2.05, 4.69) is 15.8 Å². The average Bonchev–Trinajstić information content (AvgIpc) is 2.94. The predicted molar refractivity (Wildman–Crippen MR) is 153 cm³/mol. The van der Waals surface area contributed by atoms with E-state index in [-0.39, 0.29) is 22.2 Å². The van der Waals surface area contributed by atoms with Gasteiger partial charge in [0.1, 0.15) is 12.3 Å². The van der Waals surface area contributed by atoms with Crippen molar-refractivity contribution >= 4 is 38.9 Å². The molecule has 3 rings (SSSR count). The Labute approximate surface area is 233 Å². The summed E-state index contributed by atoms with van der Waals surface area (Å²) in [6, 6.07) is 17.5. The first kappa shape index (κ1) is 30.0. The molecule has 0 fully saturated rings. The van der Waals surface area contributed by atoms with Gasteiger partial charge in [-0.3, -0.25) is 13.9 Å². The standard InChI is InChI=1S/C28H32N4O7S/c1-6-39-24-12-10-23(11-13-24)32(40(35,36)25-14-15-26(37-4)27(17-25)38-5)18-28(34)31-30-19(2)21-8-7-9-22(16-21)29-20(3)33/h7-17H,6,18H2,1-5H3,(H,29,33)(H,31,34)/b30-19-. The number of carbonyl (C=O) groups is 2. The average molecular weight is 569 g/mol. The van der Waals surface area contributed by atoms with Gasteiger partial charge in [0.15, 0.2) is 11.5 Å². The van der Waals surface area contributed by atoms with E-state index in [4.69, 9.17) is 14.2 Å². The van der Waals surface area contributed by atoms with Gasteiger partial charge in [0.05, 0.1) is 37.1 Å². The maximum absolute atomic E-state index is 13.8. The molecule has 0 aliphatic carbocycles. The zero-order chi connectivity index (χ0) is 29.3. The highest BCUT2D eigenvalue weighted by Gasteiger charge is 2.28. The molecule has 0 saturated heterocycles. The first-order chi connectivity index (χ1) is 19.1. The Bertz CT molecular complexity index is 1490. The number of nitrogens with zero attached hydrogens (tertiary/aromatic N) is 2. The third-order valence-corrected chi connectivity index (χ3v) is 7.38. The van der Waals surface area contributed by atoms with Crippen molar-refractivity contribution in [1.29, 1.82) is 0 Å². The molecule has 2 N–H and O–H groups in total. The number of benzene rings is 3. The molecular weight excluding hydrogens is 536 g/mol. The first-order valence-corrected chi connectivity index (χ1v) is 13.7. The Hall–Kier alpha value is -4.58. The lowest BCUT2D eigenvalue weighted by Crippen LogP contribution is -2.39. The molecule has 212 valence electrons. The summed E-state index contributed by atoms with van der Waals surface area (Å²) in [5.74, 6) is 0.252. The number of rotatable bonds is 12. The molecule has 3 aromatic carbocycles. The smallest absolute Gasteiger partial charge is 0.264 e. The van der Waals surface area contributed by atoms with Crippen LogP contribution in [0.1, 0.15) is 26.3 Å². The molecule has 0 saturated carbocycles. The predicted octanol–water partition coefficient (Wildman–Crippen LogP) is 3.80. The Balaban J connectivity index is 1.91. The van der Waals surface area contributed by atoms with Crippen molar-refractivity contribution in [3.63, 3.8) is 0 Å².